The lowest BCUT2D eigenvalue weighted by Crippen LogP contribution is -2.27. The second-order valence-electron chi connectivity index (χ2n) is 1.12. The van der Waals surface area contributed by atoms with Crippen molar-refractivity contribution in [3.8, 4) is 0 Å². The van der Waals surface area contributed by atoms with Gasteiger partial charge in [-0.1, -0.05) is 0 Å². The number of halogens is 3. The Hall–Kier alpha value is -0.0300. The summed E-state index contributed by atoms with van der Waals surface area (Å²) in [6.45, 7) is 0. The van der Waals surface area contributed by atoms with Gasteiger partial charge in [0.25, 0.3) is 0 Å². The molecule has 0 saturated heterocycles. The number of hydrogen-bond donors (Lipinski definition) is 1. The van der Waals surface area contributed by atoms with Crippen molar-refractivity contribution in [1.82, 2.24) is 0 Å². The highest BCUT2D eigenvalue weighted by Gasteiger charge is 2.34. The third-order valence-electron chi connectivity index (χ3n) is 0.464. The van der Waals surface area contributed by atoms with E-state index >= 15 is 0 Å². The van der Waals surface area contributed by atoms with Crippen LogP contribution >= 0.6 is 15.9 Å². The van der Waals surface area contributed by atoms with E-state index < -0.39 is 10.9 Å². The van der Waals surface area contributed by atoms with E-state index in [1.54, 1.807) is 15.9 Å². The van der Waals surface area contributed by atoms with Gasteiger partial charge in [-0.15, -0.1) is 0 Å². The van der Waals surface area contributed by atoms with Crippen LogP contribution in [0.2, 0.25) is 0 Å². The lowest BCUT2D eigenvalue weighted by molar-refractivity contribution is -0.124. The van der Waals surface area contributed by atoms with Crippen molar-refractivity contribution < 1.29 is 18.7 Å². The number of carbonyl (C=O) groups is 1. The maximum atomic E-state index is 11.6. The number of hydrogen-bond acceptors (Lipinski definition) is 2. The highest BCUT2D eigenvalue weighted by atomic mass is 79.9. The Bertz CT molecular complexity index is 89.8. The van der Waals surface area contributed by atoms with Crippen molar-refractivity contribution in [3.63, 3.8) is 0 Å². The average Bonchev–Trinajstić information content (AvgIpc) is 1.62. The Kier molecular flexibility index (Phi) is 2.49. The van der Waals surface area contributed by atoms with Crippen LogP contribution in [0.3, 0.4) is 0 Å². The quantitative estimate of drug-likeness (QED) is 0.508. The summed E-state index contributed by atoms with van der Waals surface area (Å²) in [5, 5.41) is 8.03. The summed E-state index contributed by atoms with van der Waals surface area (Å²) in [6, 6.07) is 0. The van der Waals surface area contributed by atoms with E-state index in [2.05, 4.69) is 0 Å². The highest BCUT2D eigenvalue weighted by Crippen LogP contribution is 2.24. The molecule has 0 radical (unpaired) electrons. The Morgan fingerprint density at radius 2 is 2.12 bits per heavy atom. The fourth-order valence-electron chi connectivity index (χ4n) is 0.0772. The van der Waals surface area contributed by atoms with E-state index in [1.165, 1.54) is 0 Å². The molecule has 1 unspecified atom stereocenters. The Morgan fingerprint density at radius 3 is 2.12 bits per heavy atom. The van der Waals surface area contributed by atoms with Crippen molar-refractivity contribution in [2.24, 2.45) is 0 Å². The Balaban J connectivity index is 3.80. The molecule has 0 aromatic rings. The SMILES string of the molecule is O=CC(O)C(F)(F)Br. The molecule has 0 aliphatic carbocycles. The minimum Gasteiger partial charge on any atom is -0.379 e. The standard InChI is InChI=1S/C3H3BrF2O2/c4-3(5,6)2(8)1-7/h1-2,8H. The van der Waals surface area contributed by atoms with E-state index in [9.17, 15) is 13.6 Å². The molecule has 0 rings (SSSR count). The van der Waals surface area contributed by atoms with Crippen molar-refractivity contribution in [3.05, 3.63) is 0 Å². The predicted octanol–water partition coefficient (Wildman–Crippen LogP) is 0.534. The molecule has 8 heavy (non-hydrogen) atoms. The van der Waals surface area contributed by atoms with Gasteiger partial charge in [0.05, 0.1) is 0 Å². The van der Waals surface area contributed by atoms with Gasteiger partial charge in [0.15, 0.2) is 12.4 Å². The van der Waals surface area contributed by atoms with Gasteiger partial charge in [-0.3, -0.25) is 0 Å². The van der Waals surface area contributed by atoms with Gasteiger partial charge in [0.1, 0.15) is 0 Å². The molecule has 0 bridgehead atoms. The van der Waals surface area contributed by atoms with E-state index in [4.69, 9.17) is 5.11 Å². The summed E-state index contributed by atoms with van der Waals surface area (Å²) >= 11 is 1.79. The molecule has 1 atom stereocenters. The number of carbonyl (C=O) groups excluding carboxylic acids is 1. The van der Waals surface area contributed by atoms with Gasteiger partial charge in [-0.25, -0.2) is 0 Å². The van der Waals surface area contributed by atoms with Crippen LogP contribution in [0, 0.1) is 0 Å². The van der Waals surface area contributed by atoms with Crippen molar-refractivity contribution in [2.75, 3.05) is 0 Å². The summed E-state index contributed by atoms with van der Waals surface area (Å²) in [5.74, 6) is 0. The zero-order chi connectivity index (χ0) is 6.78. The fraction of sp³-hybridized carbons (Fsp3) is 0.667. The molecule has 0 amide bonds. The van der Waals surface area contributed by atoms with Gasteiger partial charge in [0.2, 0.25) is 0 Å². The van der Waals surface area contributed by atoms with Crippen LogP contribution < -0.4 is 0 Å². The van der Waals surface area contributed by atoms with E-state index in [-0.39, 0.29) is 6.29 Å². The average molecular weight is 189 g/mol. The molecule has 0 saturated carbocycles. The van der Waals surface area contributed by atoms with Crippen molar-refractivity contribution >= 4 is 22.2 Å². The third kappa shape index (κ3) is 2.32. The van der Waals surface area contributed by atoms with Crippen molar-refractivity contribution in [1.29, 1.82) is 0 Å². The first kappa shape index (κ1) is 7.97. The maximum Gasteiger partial charge on any atom is 0.333 e. The minimum atomic E-state index is -3.49. The van der Waals surface area contributed by atoms with Crippen LogP contribution in [0.1, 0.15) is 0 Å². The van der Waals surface area contributed by atoms with E-state index in [0.29, 0.717) is 0 Å². The molecule has 0 aliphatic rings. The topological polar surface area (TPSA) is 37.3 Å². The monoisotopic (exact) mass is 188 g/mol. The Labute approximate surface area is 52.6 Å². The normalized spacial score (nSPS) is 15.5. The van der Waals surface area contributed by atoms with E-state index in [0.717, 1.165) is 0 Å². The first-order valence-corrected chi connectivity index (χ1v) is 2.48. The first-order chi connectivity index (χ1) is 3.48. The summed E-state index contributed by atoms with van der Waals surface area (Å²) in [7, 11) is 0. The number of rotatable bonds is 2. The van der Waals surface area contributed by atoms with Crippen LogP contribution in [0.25, 0.3) is 0 Å². The molecule has 0 aromatic heterocycles. The van der Waals surface area contributed by atoms with Crippen LogP contribution in [-0.2, 0) is 4.79 Å². The number of aliphatic hydroxyl groups excluding tert-OH is 1. The molecule has 1 N–H and O–H groups in total. The van der Waals surface area contributed by atoms with Gasteiger partial charge < -0.3 is 9.90 Å². The molecular formula is C3H3BrF2O2. The fourth-order valence-corrected chi connectivity index (χ4v) is 0.185. The largest absolute Gasteiger partial charge is 0.379 e. The predicted molar refractivity (Wildman–Crippen MR) is 25.9 cm³/mol. The summed E-state index contributed by atoms with van der Waals surface area (Å²) in [5.41, 5.74) is 0. The highest BCUT2D eigenvalue weighted by molar-refractivity contribution is 9.10. The number of aldehydes is 1. The first-order valence-electron chi connectivity index (χ1n) is 1.68. The lowest BCUT2D eigenvalue weighted by atomic mass is 10.4. The molecule has 48 valence electrons. The van der Waals surface area contributed by atoms with Crippen LogP contribution in [0.15, 0.2) is 0 Å². The second-order valence-corrected chi connectivity index (χ2v) is 2.18. The molecular weight excluding hydrogens is 186 g/mol. The van der Waals surface area contributed by atoms with Gasteiger partial charge >= 0.3 is 4.83 Å². The molecule has 0 heterocycles. The zero-order valence-electron chi connectivity index (χ0n) is 3.64. The summed E-state index contributed by atoms with van der Waals surface area (Å²) in [6.07, 6.45) is -2.49. The van der Waals surface area contributed by atoms with Gasteiger partial charge in [0, 0.05) is 0 Å². The summed E-state index contributed by atoms with van der Waals surface area (Å²) < 4.78 is 23.1. The second kappa shape index (κ2) is 2.50. The molecule has 0 aliphatic heterocycles. The summed E-state index contributed by atoms with van der Waals surface area (Å²) in [4.78, 5) is 5.90. The van der Waals surface area contributed by atoms with E-state index in [1.807, 2.05) is 0 Å². The zero-order valence-corrected chi connectivity index (χ0v) is 5.23. The molecule has 0 fully saturated rings. The van der Waals surface area contributed by atoms with Crippen molar-refractivity contribution in [2.45, 2.75) is 10.9 Å². The van der Waals surface area contributed by atoms with Crippen LogP contribution in [-0.4, -0.2) is 22.3 Å². The molecule has 2 nitrogen and oxygen atoms in total. The van der Waals surface area contributed by atoms with Gasteiger partial charge in [-0.05, 0) is 15.9 Å². The molecule has 5 heteroatoms. The van der Waals surface area contributed by atoms with Crippen LogP contribution in [0.4, 0.5) is 8.78 Å². The number of aliphatic hydroxyl groups is 1. The maximum absolute atomic E-state index is 11.6. The molecule has 0 spiro atoms. The minimum absolute atomic E-state index is 0.241. The van der Waals surface area contributed by atoms with Crippen LogP contribution in [0.5, 0.6) is 0 Å². The lowest BCUT2D eigenvalue weighted by Gasteiger charge is -2.07. The third-order valence-corrected chi connectivity index (χ3v) is 0.933. The molecule has 0 aromatic carbocycles. The smallest absolute Gasteiger partial charge is 0.333 e. The number of alkyl halides is 3. The van der Waals surface area contributed by atoms with Gasteiger partial charge in [-0.2, -0.15) is 8.78 Å². The Morgan fingerprint density at radius 1 is 1.75 bits per heavy atom.